The topological polar surface area (TPSA) is 84.2 Å². The van der Waals surface area contributed by atoms with Crippen LogP contribution in [0.2, 0.25) is 0 Å². The molecule has 0 spiro atoms. The van der Waals surface area contributed by atoms with Crippen molar-refractivity contribution in [1.29, 1.82) is 0 Å². The van der Waals surface area contributed by atoms with Crippen LogP contribution in [0.1, 0.15) is 6.42 Å². The first kappa shape index (κ1) is 13.7. The van der Waals surface area contributed by atoms with Gasteiger partial charge < -0.3 is 16.4 Å². The molecule has 15 heavy (non-hydrogen) atoms. The summed E-state index contributed by atoms with van der Waals surface area (Å²) in [5.74, 6) is -1.22. The summed E-state index contributed by atoms with van der Waals surface area (Å²) >= 11 is 0. The van der Waals surface area contributed by atoms with E-state index in [9.17, 15) is 22.8 Å². The van der Waals surface area contributed by atoms with Crippen LogP contribution in [0.25, 0.3) is 0 Å². The molecule has 0 aliphatic carbocycles. The summed E-state index contributed by atoms with van der Waals surface area (Å²) in [5.41, 5.74) is 4.92. The first-order valence-electron chi connectivity index (χ1n) is 4.15. The minimum atomic E-state index is -4.30. The molecule has 0 bridgehead atoms. The van der Waals surface area contributed by atoms with Crippen molar-refractivity contribution in [3.8, 4) is 0 Å². The largest absolute Gasteiger partial charge is 0.390 e. The van der Waals surface area contributed by atoms with Gasteiger partial charge in [-0.1, -0.05) is 0 Å². The highest BCUT2D eigenvalue weighted by atomic mass is 19.4. The van der Waals surface area contributed by atoms with Gasteiger partial charge in [-0.3, -0.25) is 9.59 Å². The second-order valence-electron chi connectivity index (χ2n) is 2.70. The Morgan fingerprint density at radius 3 is 2.20 bits per heavy atom. The lowest BCUT2D eigenvalue weighted by atomic mass is 10.4. The van der Waals surface area contributed by atoms with Gasteiger partial charge in [0.05, 0.1) is 19.5 Å². The average Bonchev–Trinajstić information content (AvgIpc) is 2.12. The van der Waals surface area contributed by atoms with E-state index in [2.05, 4.69) is 5.32 Å². The van der Waals surface area contributed by atoms with Crippen LogP contribution in [0.5, 0.6) is 0 Å². The van der Waals surface area contributed by atoms with E-state index < -0.39 is 31.0 Å². The molecule has 0 aromatic rings. The molecule has 0 aliphatic rings. The van der Waals surface area contributed by atoms with Crippen molar-refractivity contribution in [3.05, 3.63) is 0 Å². The number of amides is 2. The zero-order valence-electron chi connectivity index (χ0n) is 7.86. The Morgan fingerprint density at radius 1 is 1.13 bits per heavy atom. The van der Waals surface area contributed by atoms with Gasteiger partial charge in [0.25, 0.3) is 0 Å². The number of nitrogens with two attached hydrogens (primary N) is 1. The molecule has 0 aliphatic heterocycles. The molecule has 0 aromatic heterocycles. The van der Waals surface area contributed by atoms with Crippen LogP contribution in [0.4, 0.5) is 13.2 Å². The molecule has 4 N–H and O–H groups in total. The lowest BCUT2D eigenvalue weighted by Crippen LogP contribution is -2.40. The minimum Gasteiger partial charge on any atom is -0.354 e. The molecular weight excluding hydrogens is 215 g/mol. The molecule has 0 radical (unpaired) electrons. The van der Waals surface area contributed by atoms with E-state index in [1.54, 1.807) is 0 Å². The van der Waals surface area contributed by atoms with E-state index in [0.717, 1.165) is 0 Å². The molecule has 2 amide bonds. The third-order valence-electron chi connectivity index (χ3n) is 1.36. The average molecular weight is 227 g/mol. The van der Waals surface area contributed by atoms with Crippen molar-refractivity contribution >= 4 is 11.8 Å². The monoisotopic (exact) mass is 227 g/mol. The highest BCUT2D eigenvalue weighted by Gasteiger charge is 2.26. The number of hydrogen-bond donors (Lipinski definition) is 3. The third-order valence-corrected chi connectivity index (χ3v) is 1.36. The number of carbonyl (C=O) groups is 2. The van der Waals surface area contributed by atoms with Crippen LogP contribution in [0.3, 0.4) is 0 Å². The number of carbonyl (C=O) groups excluding carboxylic acids is 2. The summed E-state index contributed by atoms with van der Waals surface area (Å²) in [6.45, 7) is -1.13. The number of hydrogen-bond acceptors (Lipinski definition) is 3. The lowest BCUT2D eigenvalue weighted by molar-refractivity contribution is -0.136. The van der Waals surface area contributed by atoms with Crippen molar-refractivity contribution in [2.75, 3.05) is 19.6 Å². The standard InChI is InChI=1S/C7H12F3N3O2/c8-7(9,10)1-2-12-6(15)4-13-5(14)3-11/h1-4,11H2,(H,12,15)(H,13,14). The maximum Gasteiger partial charge on any atom is 0.390 e. The fourth-order valence-electron chi connectivity index (χ4n) is 0.657. The molecule has 0 rings (SSSR count). The Labute approximate surface area is 84.2 Å². The van der Waals surface area contributed by atoms with E-state index in [1.165, 1.54) is 0 Å². The molecule has 0 unspecified atom stereocenters. The SMILES string of the molecule is NCC(=O)NCC(=O)NCCC(F)(F)F. The fraction of sp³-hybridized carbons (Fsp3) is 0.714. The Bertz CT molecular complexity index is 230. The Hall–Kier alpha value is -1.31. The van der Waals surface area contributed by atoms with E-state index in [4.69, 9.17) is 5.73 Å². The Kier molecular flexibility index (Phi) is 5.68. The number of alkyl halides is 3. The smallest absolute Gasteiger partial charge is 0.354 e. The number of halogens is 3. The van der Waals surface area contributed by atoms with E-state index in [-0.39, 0.29) is 13.1 Å². The molecule has 88 valence electrons. The lowest BCUT2D eigenvalue weighted by Gasteiger charge is -2.08. The van der Waals surface area contributed by atoms with Crippen molar-refractivity contribution in [2.45, 2.75) is 12.6 Å². The molecule has 5 nitrogen and oxygen atoms in total. The van der Waals surface area contributed by atoms with E-state index >= 15 is 0 Å². The van der Waals surface area contributed by atoms with Crippen LogP contribution >= 0.6 is 0 Å². The van der Waals surface area contributed by atoms with Gasteiger partial charge >= 0.3 is 6.18 Å². The Balaban J connectivity index is 3.54. The van der Waals surface area contributed by atoms with Gasteiger partial charge in [0, 0.05) is 6.54 Å². The number of nitrogens with one attached hydrogen (secondary N) is 2. The van der Waals surface area contributed by atoms with Gasteiger partial charge in [0.15, 0.2) is 0 Å². The highest BCUT2D eigenvalue weighted by molar-refractivity contribution is 5.85. The number of rotatable bonds is 5. The summed E-state index contributed by atoms with van der Waals surface area (Å²) in [6, 6.07) is 0. The maximum atomic E-state index is 11.6. The summed E-state index contributed by atoms with van der Waals surface area (Å²) < 4.78 is 34.9. The molecular formula is C7H12F3N3O2. The summed E-state index contributed by atoms with van der Waals surface area (Å²) in [4.78, 5) is 21.4. The van der Waals surface area contributed by atoms with Crippen LogP contribution in [0, 0.1) is 0 Å². The van der Waals surface area contributed by atoms with Gasteiger partial charge in [-0.2, -0.15) is 13.2 Å². The van der Waals surface area contributed by atoms with Gasteiger partial charge in [0.2, 0.25) is 11.8 Å². The molecule has 0 saturated carbocycles. The minimum absolute atomic E-state index is 0.268. The van der Waals surface area contributed by atoms with Crippen molar-refractivity contribution in [3.63, 3.8) is 0 Å². The molecule has 0 atom stereocenters. The van der Waals surface area contributed by atoms with Crippen molar-refractivity contribution in [1.82, 2.24) is 10.6 Å². The normalized spacial score (nSPS) is 10.9. The fourth-order valence-corrected chi connectivity index (χ4v) is 0.657. The summed E-state index contributed by atoms with van der Waals surface area (Å²) in [7, 11) is 0. The van der Waals surface area contributed by atoms with Crippen LogP contribution in [-0.4, -0.2) is 37.6 Å². The first-order valence-corrected chi connectivity index (χ1v) is 4.15. The van der Waals surface area contributed by atoms with Crippen LogP contribution in [-0.2, 0) is 9.59 Å². The van der Waals surface area contributed by atoms with Gasteiger partial charge in [-0.05, 0) is 0 Å². The second kappa shape index (κ2) is 6.23. The first-order chi connectivity index (χ1) is 6.85. The molecule has 0 aromatic carbocycles. The summed E-state index contributed by atoms with van der Waals surface area (Å²) in [5, 5.41) is 4.13. The van der Waals surface area contributed by atoms with E-state index in [1.807, 2.05) is 5.32 Å². The van der Waals surface area contributed by atoms with Crippen molar-refractivity contribution in [2.24, 2.45) is 5.73 Å². The van der Waals surface area contributed by atoms with E-state index in [0.29, 0.717) is 0 Å². The Morgan fingerprint density at radius 2 is 1.73 bits per heavy atom. The quantitative estimate of drug-likeness (QED) is 0.570. The van der Waals surface area contributed by atoms with Gasteiger partial charge in [-0.25, -0.2) is 0 Å². The maximum absolute atomic E-state index is 11.6. The van der Waals surface area contributed by atoms with Crippen molar-refractivity contribution < 1.29 is 22.8 Å². The molecule has 0 heterocycles. The third kappa shape index (κ3) is 9.01. The van der Waals surface area contributed by atoms with Crippen LogP contribution < -0.4 is 16.4 Å². The van der Waals surface area contributed by atoms with Gasteiger partial charge in [0.1, 0.15) is 0 Å². The predicted octanol–water partition coefficient (Wildman–Crippen LogP) is -0.870. The molecule has 8 heteroatoms. The molecule has 0 fully saturated rings. The predicted molar refractivity (Wildman–Crippen MR) is 45.7 cm³/mol. The summed E-state index contributed by atoms with van der Waals surface area (Å²) in [6.07, 6.45) is -5.39. The highest BCUT2D eigenvalue weighted by Crippen LogP contribution is 2.17. The zero-order chi connectivity index (χ0) is 11.9. The molecule has 0 saturated heterocycles. The zero-order valence-corrected chi connectivity index (χ0v) is 7.86. The second-order valence-corrected chi connectivity index (χ2v) is 2.70. The van der Waals surface area contributed by atoms with Crippen LogP contribution in [0.15, 0.2) is 0 Å². The van der Waals surface area contributed by atoms with Gasteiger partial charge in [-0.15, -0.1) is 0 Å².